The quantitative estimate of drug-likeness (QED) is 0.784. The molecule has 0 saturated heterocycles. The van der Waals surface area contributed by atoms with Crippen LogP contribution >= 0.6 is 0 Å². The van der Waals surface area contributed by atoms with E-state index in [0.717, 1.165) is 17.0 Å². The number of hydrogen-bond acceptors (Lipinski definition) is 1. The van der Waals surface area contributed by atoms with Gasteiger partial charge in [0, 0.05) is 18.2 Å². The molecule has 1 aliphatic carbocycles. The molecule has 0 spiro atoms. The zero-order valence-electron chi connectivity index (χ0n) is 12.2. The summed E-state index contributed by atoms with van der Waals surface area (Å²) in [5.41, 5.74) is 1.92. The summed E-state index contributed by atoms with van der Waals surface area (Å²) in [6, 6.07) is 5.83. The predicted molar refractivity (Wildman–Crippen MR) is 78.6 cm³/mol. The summed E-state index contributed by atoms with van der Waals surface area (Å²) in [7, 11) is 0. The molecule has 19 heavy (non-hydrogen) atoms. The fraction of sp³-hybridized carbons (Fsp3) is 0.647. The Balaban J connectivity index is 1.88. The van der Waals surface area contributed by atoms with Gasteiger partial charge in [-0.1, -0.05) is 43.4 Å². The van der Waals surface area contributed by atoms with Gasteiger partial charge >= 0.3 is 0 Å². The Morgan fingerprint density at radius 1 is 1.21 bits per heavy atom. The normalized spacial score (nSPS) is 19.1. The van der Waals surface area contributed by atoms with Crippen molar-refractivity contribution in [3.05, 3.63) is 35.1 Å². The van der Waals surface area contributed by atoms with Crippen molar-refractivity contribution in [2.75, 3.05) is 0 Å². The molecule has 2 rings (SSSR count). The molecular formula is C17H26FN. The lowest BCUT2D eigenvalue weighted by atomic mass is 9.93. The van der Waals surface area contributed by atoms with Crippen LogP contribution in [0.3, 0.4) is 0 Å². The topological polar surface area (TPSA) is 12.0 Å². The molecule has 0 radical (unpaired) electrons. The highest BCUT2D eigenvalue weighted by Gasteiger charge is 2.18. The van der Waals surface area contributed by atoms with E-state index in [-0.39, 0.29) is 5.82 Å². The van der Waals surface area contributed by atoms with Gasteiger partial charge in [0.25, 0.3) is 0 Å². The Morgan fingerprint density at radius 2 is 1.89 bits per heavy atom. The third kappa shape index (κ3) is 4.31. The van der Waals surface area contributed by atoms with Crippen LogP contribution in [0.25, 0.3) is 0 Å². The highest BCUT2D eigenvalue weighted by Crippen LogP contribution is 2.25. The molecule has 106 valence electrons. The lowest BCUT2D eigenvalue weighted by Crippen LogP contribution is -2.33. The maximum Gasteiger partial charge on any atom is 0.127 e. The zero-order chi connectivity index (χ0) is 13.7. The fourth-order valence-electron chi connectivity index (χ4n) is 3.09. The fourth-order valence-corrected chi connectivity index (χ4v) is 3.09. The van der Waals surface area contributed by atoms with Crippen LogP contribution in [0.2, 0.25) is 0 Å². The van der Waals surface area contributed by atoms with Crippen LogP contribution in [-0.4, -0.2) is 6.04 Å². The van der Waals surface area contributed by atoms with Crippen LogP contribution in [0, 0.1) is 18.7 Å². The van der Waals surface area contributed by atoms with Gasteiger partial charge in [0.2, 0.25) is 0 Å². The maximum atomic E-state index is 13.7. The van der Waals surface area contributed by atoms with Gasteiger partial charge in [-0.25, -0.2) is 4.39 Å². The Bertz CT molecular complexity index is 394. The van der Waals surface area contributed by atoms with Crippen molar-refractivity contribution in [3.63, 3.8) is 0 Å². The summed E-state index contributed by atoms with van der Waals surface area (Å²) < 4.78 is 13.7. The number of hydrogen-bond donors (Lipinski definition) is 1. The summed E-state index contributed by atoms with van der Waals surface area (Å²) in [5.74, 6) is 0.668. The number of halogens is 1. The Hall–Kier alpha value is -0.890. The van der Waals surface area contributed by atoms with E-state index >= 15 is 0 Å². The molecule has 0 amide bonds. The summed E-state index contributed by atoms with van der Waals surface area (Å²) in [4.78, 5) is 0. The first-order chi connectivity index (χ1) is 9.16. The smallest absolute Gasteiger partial charge is 0.127 e. The standard InChI is InChI=1S/C17H26FN/c1-13-9-10-17(18)16(11-13)12-19-14(2)15-7-5-3-4-6-8-15/h9-11,14-15,19H,3-8,12H2,1-2H3/t14-/m0/s1. The summed E-state index contributed by atoms with van der Waals surface area (Å²) in [6.45, 7) is 4.91. The molecule has 1 saturated carbocycles. The average Bonchev–Trinajstić information content (AvgIpc) is 2.68. The van der Waals surface area contributed by atoms with Crippen LogP contribution in [-0.2, 0) is 6.54 Å². The molecule has 0 heterocycles. The molecule has 1 atom stereocenters. The van der Waals surface area contributed by atoms with Crippen LogP contribution in [0.4, 0.5) is 4.39 Å². The van der Waals surface area contributed by atoms with Crippen molar-refractivity contribution >= 4 is 0 Å². The first-order valence-electron chi connectivity index (χ1n) is 7.65. The van der Waals surface area contributed by atoms with E-state index in [1.54, 1.807) is 6.07 Å². The van der Waals surface area contributed by atoms with Crippen molar-refractivity contribution in [1.29, 1.82) is 0 Å². The van der Waals surface area contributed by atoms with Crippen LogP contribution < -0.4 is 5.32 Å². The highest BCUT2D eigenvalue weighted by atomic mass is 19.1. The predicted octanol–water partition coefficient (Wildman–Crippen LogP) is 4.58. The molecule has 0 aromatic heterocycles. The van der Waals surface area contributed by atoms with Gasteiger partial charge in [-0.15, -0.1) is 0 Å². The molecule has 0 aliphatic heterocycles. The molecule has 1 N–H and O–H groups in total. The molecule has 1 aromatic carbocycles. The lowest BCUT2D eigenvalue weighted by Gasteiger charge is -2.24. The van der Waals surface area contributed by atoms with Gasteiger partial charge in [0.1, 0.15) is 5.82 Å². The van der Waals surface area contributed by atoms with Crippen LogP contribution in [0.5, 0.6) is 0 Å². The molecule has 0 unspecified atom stereocenters. The van der Waals surface area contributed by atoms with E-state index in [1.165, 1.54) is 38.5 Å². The second-order valence-electron chi connectivity index (χ2n) is 6.02. The van der Waals surface area contributed by atoms with E-state index < -0.39 is 0 Å². The molecule has 1 nitrogen and oxygen atoms in total. The third-order valence-corrected chi connectivity index (χ3v) is 4.42. The monoisotopic (exact) mass is 263 g/mol. The van der Waals surface area contributed by atoms with Crippen LogP contribution in [0.1, 0.15) is 56.6 Å². The first kappa shape index (κ1) is 14.5. The van der Waals surface area contributed by atoms with E-state index in [9.17, 15) is 4.39 Å². The largest absolute Gasteiger partial charge is 0.310 e. The number of benzene rings is 1. The zero-order valence-corrected chi connectivity index (χ0v) is 12.2. The van der Waals surface area contributed by atoms with E-state index in [4.69, 9.17) is 0 Å². The van der Waals surface area contributed by atoms with Crippen molar-refractivity contribution in [2.45, 2.75) is 65.0 Å². The number of nitrogens with one attached hydrogen (secondary N) is 1. The average molecular weight is 263 g/mol. The lowest BCUT2D eigenvalue weighted by molar-refractivity contribution is 0.335. The molecule has 1 aromatic rings. The van der Waals surface area contributed by atoms with E-state index in [0.29, 0.717) is 12.6 Å². The van der Waals surface area contributed by atoms with Gasteiger partial charge in [0.05, 0.1) is 0 Å². The third-order valence-electron chi connectivity index (χ3n) is 4.42. The van der Waals surface area contributed by atoms with Crippen molar-refractivity contribution in [2.24, 2.45) is 5.92 Å². The Morgan fingerprint density at radius 3 is 2.58 bits per heavy atom. The second-order valence-corrected chi connectivity index (χ2v) is 6.02. The Kier molecular flexibility index (Phi) is 5.38. The molecular weight excluding hydrogens is 237 g/mol. The minimum absolute atomic E-state index is 0.0915. The second kappa shape index (κ2) is 7.04. The maximum absolute atomic E-state index is 13.7. The number of aryl methyl sites for hydroxylation is 1. The summed E-state index contributed by atoms with van der Waals surface area (Å²) in [6.07, 6.45) is 8.13. The van der Waals surface area contributed by atoms with Gasteiger partial charge in [-0.3, -0.25) is 0 Å². The molecule has 1 fully saturated rings. The highest BCUT2D eigenvalue weighted by molar-refractivity contribution is 5.23. The van der Waals surface area contributed by atoms with Gasteiger partial charge in [-0.05, 0) is 38.7 Å². The minimum atomic E-state index is -0.0915. The minimum Gasteiger partial charge on any atom is -0.310 e. The molecule has 2 heteroatoms. The Labute approximate surface area is 116 Å². The van der Waals surface area contributed by atoms with Gasteiger partial charge in [0.15, 0.2) is 0 Å². The first-order valence-corrected chi connectivity index (χ1v) is 7.65. The van der Waals surface area contributed by atoms with Crippen molar-refractivity contribution in [3.8, 4) is 0 Å². The van der Waals surface area contributed by atoms with Gasteiger partial charge < -0.3 is 5.32 Å². The number of rotatable bonds is 4. The summed E-state index contributed by atoms with van der Waals surface area (Å²) in [5, 5.41) is 3.52. The summed E-state index contributed by atoms with van der Waals surface area (Å²) >= 11 is 0. The van der Waals surface area contributed by atoms with E-state index in [1.807, 2.05) is 19.1 Å². The van der Waals surface area contributed by atoms with Gasteiger partial charge in [-0.2, -0.15) is 0 Å². The molecule has 1 aliphatic rings. The molecule has 0 bridgehead atoms. The van der Waals surface area contributed by atoms with E-state index in [2.05, 4.69) is 12.2 Å². The van der Waals surface area contributed by atoms with Crippen molar-refractivity contribution in [1.82, 2.24) is 5.32 Å². The van der Waals surface area contributed by atoms with Crippen molar-refractivity contribution < 1.29 is 4.39 Å². The SMILES string of the molecule is Cc1ccc(F)c(CN[C@@H](C)C2CCCCCC2)c1. The van der Waals surface area contributed by atoms with Crippen LogP contribution in [0.15, 0.2) is 18.2 Å².